The van der Waals surface area contributed by atoms with Gasteiger partial charge in [0.2, 0.25) is 5.89 Å². The number of hydrogen-bond acceptors (Lipinski definition) is 4. The molecule has 0 aromatic carbocycles. The van der Waals surface area contributed by atoms with Gasteiger partial charge in [0.1, 0.15) is 5.76 Å². The molecule has 0 fully saturated rings. The Morgan fingerprint density at radius 1 is 1.40 bits per heavy atom. The van der Waals surface area contributed by atoms with E-state index in [1.165, 1.54) is 0 Å². The van der Waals surface area contributed by atoms with Crippen molar-refractivity contribution in [2.24, 2.45) is 0 Å². The summed E-state index contributed by atoms with van der Waals surface area (Å²) < 4.78 is 5.61. The number of aromatic nitrogens is 1. The zero-order valence-corrected chi connectivity index (χ0v) is 12.9. The first-order chi connectivity index (χ1) is 9.36. The number of hydrogen-bond donors (Lipinski definition) is 2. The number of nitrogens with one attached hydrogen (secondary N) is 2. The van der Waals surface area contributed by atoms with Crippen LogP contribution in [0.2, 0.25) is 0 Å². The van der Waals surface area contributed by atoms with E-state index in [2.05, 4.69) is 36.4 Å². The molecule has 2 heterocycles. The van der Waals surface area contributed by atoms with Crippen LogP contribution in [0.15, 0.2) is 21.4 Å². The van der Waals surface area contributed by atoms with Crippen LogP contribution in [0.25, 0.3) is 0 Å². The number of carbonyl (C=O) groups excluding carboxylic acids is 1. The Labute approximate surface area is 122 Å². The predicted octanol–water partition coefficient (Wildman–Crippen LogP) is 3.66. The van der Waals surface area contributed by atoms with Gasteiger partial charge in [-0.25, -0.2) is 9.78 Å². The second kappa shape index (κ2) is 5.66. The summed E-state index contributed by atoms with van der Waals surface area (Å²) in [5, 5.41) is 9.40. The van der Waals surface area contributed by atoms with Crippen molar-refractivity contribution >= 4 is 23.1 Å². The van der Waals surface area contributed by atoms with Crippen LogP contribution < -0.4 is 10.6 Å². The van der Waals surface area contributed by atoms with E-state index < -0.39 is 0 Å². The minimum atomic E-state index is -0.262. The molecule has 108 valence electrons. The van der Waals surface area contributed by atoms with Crippen molar-refractivity contribution in [2.45, 2.75) is 39.7 Å². The maximum absolute atomic E-state index is 11.8. The topological polar surface area (TPSA) is 67.2 Å². The van der Waals surface area contributed by atoms with Crippen molar-refractivity contribution in [2.75, 3.05) is 5.32 Å². The summed E-state index contributed by atoms with van der Waals surface area (Å²) in [5.41, 5.74) is 1.80. The van der Waals surface area contributed by atoms with E-state index in [4.69, 9.17) is 4.42 Å². The summed E-state index contributed by atoms with van der Waals surface area (Å²) in [6.07, 6.45) is 1.71. The van der Waals surface area contributed by atoms with Gasteiger partial charge in [-0.05, 0) is 17.9 Å². The second-order valence-corrected chi connectivity index (χ2v) is 6.39. The Balaban J connectivity index is 1.88. The fourth-order valence-electron chi connectivity index (χ4n) is 1.55. The molecule has 0 atom stereocenters. The summed E-state index contributed by atoms with van der Waals surface area (Å²) in [7, 11) is 0. The average Bonchev–Trinajstić information content (AvgIpc) is 2.96. The summed E-state index contributed by atoms with van der Waals surface area (Å²) in [6.45, 7) is 8.38. The normalized spacial score (nSPS) is 11.4. The molecule has 0 saturated carbocycles. The summed E-state index contributed by atoms with van der Waals surface area (Å²) in [5.74, 6) is 1.32. The number of urea groups is 1. The molecule has 0 aliphatic rings. The molecule has 2 N–H and O–H groups in total. The van der Waals surface area contributed by atoms with Gasteiger partial charge < -0.3 is 15.1 Å². The standard InChI is InChI=1S/C14H19N3O2S/c1-9-7-20-8-10(9)17-13(18)16-6-12-15-5-11(19-12)14(2,3)4/h5,7-8H,6H2,1-4H3,(H2,16,17,18). The van der Waals surface area contributed by atoms with E-state index >= 15 is 0 Å². The van der Waals surface area contributed by atoms with Crippen molar-refractivity contribution in [1.82, 2.24) is 10.3 Å². The zero-order valence-electron chi connectivity index (χ0n) is 12.1. The van der Waals surface area contributed by atoms with Crippen LogP contribution in [0.1, 0.15) is 38.0 Å². The van der Waals surface area contributed by atoms with E-state index in [-0.39, 0.29) is 18.0 Å². The molecule has 5 nitrogen and oxygen atoms in total. The number of oxazole rings is 1. The molecule has 2 aromatic heterocycles. The van der Waals surface area contributed by atoms with Gasteiger partial charge in [0.15, 0.2) is 0 Å². The van der Waals surface area contributed by atoms with Crippen LogP contribution in [0.4, 0.5) is 10.5 Å². The van der Waals surface area contributed by atoms with Crippen molar-refractivity contribution in [3.05, 3.63) is 34.2 Å². The molecular weight excluding hydrogens is 274 g/mol. The third kappa shape index (κ3) is 3.60. The molecule has 6 heteroatoms. The zero-order chi connectivity index (χ0) is 14.8. The van der Waals surface area contributed by atoms with Gasteiger partial charge in [-0.1, -0.05) is 20.8 Å². The molecule has 0 radical (unpaired) electrons. The van der Waals surface area contributed by atoms with E-state index in [1.807, 2.05) is 17.7 Å². The highest BCUT2D eigenvalue weighted by Gasteiger charge is 2.19. The molecule has 0 aliphatic carbocycles. The van der Waals surface area contributed by atoms with Crippen LogP contribution in [-0.4, -0.2) is 11.0 Å². The lowest BCUT2D eigenvalue weighted by Gasteiger charge is -2.13. The quantitative estimate of drug-likeness (QED) is 0.907. The number of rotatable bonds is 3. The van der Waals surface area contributed by atoms with Crippen LogP contribution in [0.5, 0.6) is 0 Å². The number of carbonyl (C=O) groups is 1. The number of nitrogens with zero attached hydrogens (tertiary/aromatic N) is 1. The minimum absolute atomic E-state index is 0.0820. The smallest absolute Gasteiger partial charge is 0.319 e. The van der Waals surface area contributed by atoms with Crippen molar-refractivity contribution in [3.63, 3.8) is 0 Å². The molecule has 20 heavy (non-hydrogen) atoms. The van der Waals surface area contributed by atoms with Crippen LogP contribution in [-0.2, 0) is 12.0 Å². The fourth-order valence-corrected chi connectivity index (χ4v) is 2.33. The predicted molar refractivity (Wildman–Crippen MR) is 80.1 cm³/mol. The lowest BCUT2D eigenvalue weighted by molar-refractivity contribution is 0.250. The molecule has 0 spiro atoms. The van der Waals surface area contributed by atoms with Crippen molar-refractivity contribution in [3.8, 4) is 0 Å². The monoisotopic (exact) mass is 293 g/mol. The first kappa shape index (κ1) is 14.6. The van der Waals surface area contributed by atoms with Gasteiger partial charge in [-0.15, -0.1) is 11.3 Å². The number of thiophene rings is 1. The molecule has 0 aliphatic heterocycles. The fraction of sp³-hybridized carbons (Fsp3) is 0.429. The molecular formula is C14H19N3O2S. The Morgan fingerprint density at radius 3 is 2.70 bits per heavy atom. The van der Waals surface area contributed by atoms with E-state index in [0.717, 1.165) is 17.0 Å². The SMILES string of the molecule is Cc1cscc1NC(=O)NCc1ncc(C(C)(C)C)o1. The number of anilines is 1. The highest BCUT2D eigenvalue weighted by atomic mass is 32.1. The van der Waals surface area contributed by atoms with Crippen LogP contribution in [0.3, 0.4) is 0 Å². The van der Waals surface area contributed by atoms with Crippen LogP contribution >= 0.6 is 11.3 Å². The minimum Gasteiger partial charge on any atom is -0.443 e. The maximum Gasteiger partial charge on any atom is 0.319 e. The number of aryl methyl sites for hydroxylation is 1. The van der Waals surface area contributed by atoms with Gasteiger partial charge in [0, 0.05) is 10.8 Å². The highest BCUT2D eigenvalue weighted by molar-refractivity contribution is 7.08. The van der Waals surface area contributed by atoms with Crippen molar-refractivity contribution < 1.29 is 9.21 Å². The van der Waals surface area contributed by atoms with Gasteiger partial charge in [0.25, 0.3) is 0 Å². The molecule has 2 amide bonds. The Bertz CT molecular complexity index is 596. The largest absolute Gasteiger partial charge is 0.443 e. The average molecular weight is 293 g/mol. The van der Waals surface area contributed by atoms with E-state index in [1.54, 1.807) is 17.5 Å². The van der Waals surface area contributed by atoms with Gasteiger partial charge in [-0.3, -0.25) is 0 Å². The third-order valence-electron chi connectivity index (χ3n) is 2.80. The maximum atomic E-state index is 11.8. The Kier molecular flexibility index (Phi) is 4.13. The highest BCUT2D eigenvalue weighted by Crippen LogP contribution is 2.22. The molecule has 2 rings (SSSR count). The molecule has 2 aromatic rings. The van der Waals surface area contributed by atoms with Gasteiger partial charge >= 0.3 is 6.03 Å². The first-order valence-electron chi connectivity index (χ1n) is 6.39. The lowest BCUT2D eigenvalue weighted by atomic mass is 9.94. The van der Waals surface area contributed by atoms with Crippen molar-refractivity contribution in [1.29, 1.82) is 0 Å². The second-order valence-electron chi connectivity index (χ2n) is 5.64. The molecule has 0 bridgehead atoms. The first-order valence-corrected chi connectivity index (χ1v) is 7.33. The summed E-state index contributed by atoms with van der Waals surface area (Å²) >= 11 is 1.56. The van der Waals surface area contributed by atoms with Gasteiger partial charge in [-0.2, -0.15) is 0 Å². The van der Waals surface area contributed by atoms with E-state index in [9.17, 15) is 4.79 Å². The van der Waals surface area contributed by atoms with Crippen LogP contribution in [0, 0.1) is 6.92 Å². The number of amides is 2. The third-order valence-corrected chi connectivity index (χ3v) is 3.66. The lowest BCUT2D eigenvalue weighted by Crippen LogP contribution is -2.28. The Hall–Kier alpha value is -1.82. The summed E-state index contributed by atoms with van der Waals surface area (Å²) in [4.78, 5) is 15.9. The Morgan fingerprint density at radius 2 is 2.15 bits per heavy atom. The van der Waals surface area contributed by atoms with Gasteiger partial charge in [0.05, 0.1) is 18.4 Å². The summed E-state index contributed by atoms with van der Waals surface area (Å²) in [6, 6.07) is -0.262. The molecule has 0 saturated heterocycles. The molecule has 0 unspecified atom stereocenters. The van der Waals surface area contributed by atoms with E-state index in [0.29, 0.717) is 5.89 Å².